The minimum absolute atomic E-state index is 0.126. The van der Waals surface area contributed by atoms with Gasteiger partial charge in [0.05, 0.1) is 12.0 Å². The van der Waals surface area contributed by atoms with Gasteiger partial charge in [-0.15, -0.1) is 0 Å². The van der Waals surface area contributed by atoms with Crippen LogP contribution in [0.3, 0.4) is 0 Å². The van der Waals surface area contributed by atoms with Crippen LogP contribution < -0.4 is 20.1 Å². The summed E-state index contributed by atoms with van der Waals surface area (Å²) in [5.74, 6) is 1.12. The predicted molar refractivity (Wildman–Crippen MR) is 139 cm³/mol. The molecule has 0 radical (unpaired) electrons. The number of anilines is 1. The number of rotatable bonds is 7. The summed E-state index contributed by atoms with van der Waals surface area (Å²) in [5, 5.41) is 6.96. The molecule has 3 aromatic carbocycles. The Morgan fingerprint density at radius 1 is 1.12 bits per heavy atom. The van der Waals surface area contributed by atoms with Gasteiger partial charge >= 0.3 is 0 Å². The molecule has 1 aliphatic heterocycles. The number of amides is 1. The Morgan fingerprint density at radius 3 is 2.64 bits per heavy atom. The smallest absolute Gasteiger partial charge is 0.260 e. The molecule has 0 saturated carbocycles. The lowest BCUT2D eigenvalue weighted by molar-refractivity contribution is -0.116. The first kappa shape index (κ1) is 23.5. The lowest BCUT2D eigenvalue weighted by Crippen LogP contribution is -2.31. The summed E-state index contributed by atoms with van der Waals surface area (Å²) < 4.78 is 12.5. The number of ether oxygens (including phenoxy) is 2. The number of halogens is 2. The largest absolute Gasteiger partial charge is 0.493 e. The minimum Gasteiger partial charge on any atom is -0.493 e. The zero-order chi connectivity index (χ0) is 23.4. The van der Waals surface area contributed by atoms with E-state index in [0.717, 1.165) is 26.9 Å². The van der Waals surface area contributed by atoms with Crippen LogP contribution in [0.4, 0.5) is 5.69 Å². The Morgan fingerprint density at radius 2 is 1.91 bits per heavy atom. The van der Waals surface area contributed by atoms with E-state index in [1.807, 2.05) is 73.7 Å². The number of thioether (sulfide) groups is 1. The third kappa shape index (κ3) is 6.05. The SMILES string of the molecule is COc1cc(/C=C2\SC(Nc3ccc(Cl)cc3C)NC2=O)ccc1OCc1ccc(Br)cc1. The molecule has 0 aromatic heterocycles. The zero-order valence-corrected chi connectivity index (χ0v) is 21.2. The lowest BCUT2D eigenvalue weighted by atomic mass is 10.2. The topological polar surface area (TPSA) is 59.6 Å². The standard InChI is InChI=1S/C25H22BrClN2O3S/c1-15-11-19(27)8-9-20(15)28-25-29-24(30)23(33-25)13-17-5-10-21(22(12-17)31-2)32-14-16-3-6-18(26)7-4-16/h3-13,25,28H,14H2,1-2H3,(H,29,30)/b23-13-. The summed E-state index contributed by atoms with van der Waals surface area (Å²) >= 11 is 10.9. The minimum atomic E-state index is -0.265. The molecule has 5 nitrogen and oxygen atoms in total. The fraction of sp³-hybridized carbons (Fsp3) is 0.160. The molecule has 1 saturated heterocycles. The first-order chi connectivity index (χ1) is 15.9. The first-order valence-corrected chi connectivity index (χ1v) is 12.2. The van der Waals surface area contributed by atoms with E-state index in [4.69, 9.17) is 21.1 Å². The molecule has 1 heterocycles. The molecule has 1 amide bonds. The fourth-order valence-corrected chi connectivity index (χ4v) is 4.75. The van der Waals surface area contributed by atoms with E-state index in [0.29, 0.717) is 28.0 Å². The van der Waals surface area contributed by atoms with Crippen molar-refractivity contribution in [2.24, 2.45) is 0 Å². The van der Waals surface area contributed by atoms with E-state index < -0.39 is 0 Å². The number of methoxy groups -OCH3 is 1. The van der Waals surface area contributed by atoms with Crippen molar-refractivity contribution >= 4 is 57.0 Å². The van der Waals surface area contributed by atoms with Gasteiger partial charge in [0.1, 0.15) is 6.61 Å². The maximum atomic E-state index is 12.5. The van der Waals surface area contributed by atoms with Crippen molar-refractivity contribution in [2.75, 3.05) is 12.4 Å². The van der Waals surface area contributed by atoms with Gasteiger partial charge in [-0.05, 0) is 72.2 Å². The second-order valence-electron chi connectivity index (χ2n) is 7.41. The van der Waals surface area contributed by atoms with Gasteiger partial charge in [0.2, 0.25) is 0 Å². The Labute approximate surface area is 210 Å². The summed E-state index contributed by atoms with van der Waals surface area (Å²) in [5.41, 5.74) is 3.58. The summed E-state index contributed by atoms with van der Waals surface area (Å²) in [6, 6.07) is 19.2. The molecule has 3 aromatic rings. The normalized spacial score (nSPS) is 16.5. The molecule has 2 N–H and O–H groups in total. The average molecular weight is 546 g/mol. The quantitative estimate of drug-likeness (QED) is 0.328. The fourth-order valence-electron chi connectivity index (χ4n) is 3.28. The lowest BCUT2D eigenvalue weighted by Gasteiger charge is -2.15. The van der Waals surface area contributed by atoms with Crippen LogP contribution >= 0.6 is 39.3 Å². The van der Waals surface area contributed by atoms with Gasteiger partial charge < -0.3 is 20.1 Å². The van der Waals surface area contributed by atoms with Crippen LogP contribution in [-0.2, 0) is 11.4 Å². The molecule has 4 rings (SSSR count). The Balaban J connectivity index is 1.44. The maximum Gasteiger partial charge on any atom is 0.260 e. The molecule has 1 fully saturated rings. The van der Waals surface area contributed by atoms with E-state index in [-0.39, 0.29) is 11.4 Å². The van der Waals surface area contributed by atoms with Crippen LogP contribution in [0.1, 0.15) is 16.7 Å². The van der Waals surface area contributed by atoms with Crippen LogP contribution in [0.2, 0.25) is 5.02 Å². The number of carbonyl (C=O) groups excluding carboxylic acids is 1. The predicted octanol–water partition coefficient (Wildman–Crippen LogP) is 6.60. The number of hydrogen-bond acceptors (Lipinski definition) is 5. The van der Waals surface area contributed by atoms with Crippen LogP contribution in [0, 0.1) is 6.92 Å². The Bertz CT molecular complexity index is 1200. The van der Waals surface area contributed by atoms with Crippen molar-refractivity contribution in [2.45, 2.75) is 19.0 Å². The second kappa shape index (κ2) is 10.5. The highest BCUT2D eigenvalue weighted by molar-refractivity contribution is 9.10. The number of hydrogen-bond donors (Lipinski definition) is 2. The third-order valence-corrected chi connectivity index (χ3v) is 6.79. The van der Waals surface area contributed by atoms with E-state index in [9.17, 15) is 4.79 Å². The maximum absolute atomic E-state index is 12.5. The average Bonchev–Trinajstić information content (AvgIpc) is 3.14. The van der Waals surface area contributed by atoms with Crippen LogP contribution in [0.25, 0.3) is 6.08 Å². The van der Waals surface area contributed by atoms with Gasteiger partial charge in [-0.25, -0.2) is 0 Å². The molecule has 0 spiro atoms. The van der Waals surface area contributed by atoms with Gasteiger partial charge in [0, 0.05) is 15.2 Å². The van der Waals surface area contributed by atoms with Gasteiger partial charge in [-0.3, -0.25) is 4.79 Å². The van der Waals surface area contributed by atoms with Crippen molar-refractivity contribution in [1.82, 2.24) is 5.32 Å². The van der Waals surface area contributed by atoms with E-state index in [2.05, 4.69) is 26.6 Å². The molecule has 170 valence electrons. The molecule has 1 aliphatic rings. The van der Waals surface area contributed by atoms with E-state index >= 15 is 0 Å². The highest BCUT2D eigenvalue weighted by Crippen LogP contribution is 2.34. The summed E-state index contributed by atoms with van der Waals surface area (Å²) in [4.78, 5) is 13.1. The number of nitrogens with one attached hydrogen (secondary N) is 2. The van der Waals surface area contributed by atoms with Gasteiger partial charge in [-0.2, -0.15) is 0 Å². The molecule has 8 heteroatoms. The summed E-state index contributed by atoms with van der Waals surface area (Å²) in [6.07, 6.45) is 1.84. The monoisotopic (exact) mass is 544 g/mol. The third-order valence-electron chi connectivity index (χ3n) is 5.00. The first-order valence-electron chi connectivity index (χ1n) is 10.2. The van der Waals surface area contributed by atoms with Crippen molar-refractivity contribution in [3.8, 4) is 11.5 Å². The van der Waals surface area contributed by atoms with Gasteiger partial charge in [0.25, 0.3) is 5.91 Å². The molecule has 33 heavy (non-hydrogen) atoms. The Hall–Kier alpha value is -2.61. The van der Waals surface area contributed by atoms with Crippen LogP contribution in [-0.4, -0.2) is 18.5 Å². The molecule has 1 unspecified atom stereocenters. The zero-order valence-electron chi connectivity index (χ0n) is 18.0. The highest BCUT2D eigenvalue weighted by atomic mass is 79.9. The highest BCUT2D eigenvalue weighted by Gasteiger charge is 2.27. The van der Waals surface area contributed by atoms with Gasteiger partial charge in [-0.1, -0.05) is 57.5 Å². The van der Waals surface area contributed by atoms with E-state index in [1.165, 1.54) is 11.8 Å². The second-order valence-corrected chi connectivity index (χ2v) is 9.91. The van der Waals surface area contributed by atoms with E-state index in [1.54, 1.807) is 7.11 Å². The van der Waals surface area contributed by atoms with Crippen molar-refractivity contribution in [1.29, 1.82) is 0 Å². The van der Waals surface area contributed by atoms with Gasteiger partial charge in [0.15, 0.2) is 17.0 Å². The number of carbonyl (C=O) groups is 1. The van der Waals surface area contributed by atoms with Crippen molar-refractivity contribution in [3.63, 3.8) is 0 Å². The molecule has 0 aliphatic carbocycles. The number of aryl methyl sites for hydroxylation is 1. The molecule has 1 atom stereocenters. The van der Waals surface area contributed by atoms with Crippen LogP contribution in [0.5, 0.6) is 11.5 Å². The van der Waals surface area contributed by atoms with Crippen molar-refractivity contribution in [3.05, 3.63) is 91.8 Å². The summed E-state index contributed by atoms with van der Waals surface area (Å²) in [6.45, 7) is 2.40. The number of benzene rings is 3. The molecule has 0 bridgehead atoms. The van der Waals surface area contributed by atoms with Crippen LogP contribution in [0.15, 0.2) is 70.0 Å². The molecular weight excluding hydrogens is 524 g/mol. The summed E-state index contributed by atoms with van der Waals surface area (Å²) in [7, 11) is 1.60. The Kier molecular flexibility index (Phi) is 7.53. The molecular formula is C25H22BrClN2O3S. The van der Waals surface area contributed by atoms with Crippen molar-refractivity contribution < 1.29 is 14.3 Å².